The normalized spacial score (nSPS) is 10.7. The molecule has 0 unspecified atom stereocenters. The lowest BCUT2D eigenvalue weighted by molar-refractivity contribution is 0.0702. The number of carboxylic acid groups (broad SMARTS) is 1. The quantitative estimate of drug-likeness (QED) is 0.805. The Bertz CT molecular complexity index is 296. The molecule has 0 amide bonds. The number of hydrogen-bond acceptors (Lipinski definition) is 3. The van der Waals surface area contributed by atoms with E-state index in [0.717, 1.165) is 18.0 Å². The van der Waals surface area contributed by atoms with E-state index in [9.17, 15) is 4.79 Å². The molecule has 72 valence electrons. The maximum absolute atomic E-state index is 10.6. The lowest BCUT2D eigenvalue weighted by atomic mass is 10.4. The molecule has 1 aromatic rings. The average molecular weight is 199 g/mol. The molecular weight excluding hydrogens is 186 g/mol. The Morgan fingerprint density at radius 2 is 2.31 bits per heavy atom. The van der Waals surface area contributed by atoms with Crippen LogP contribution in [0.2, 0.25) is 0 Å². The van der Waals surface area contributed by atoms with Crippen LogP contribution in [0.4, 0.5) is 0 Å². The van der Waals surface area contributed by atoms with E-state index in [2.05, 4.69) is 11.8 Å². The van der Waals surface area contributed by atoms with Gasteiger partial charge in [-0.2, -0.15) is 0 Å². The van der Waals surface area contributed by atoms with Gasteiger partial charge in [-0.1, -0.05) is 6.92 Å². The third-order valence-electron chi connectivity index (χ3n) is 1.84. The Morgan fingerprint density at radius 3 is 2.77 bits per heavy atom. The van der Waals surface area contributed by atoms with Crippen molar-refractivity contribution in [3.8, 4) is 0 Å². The number of thiophene rings is 1. The summed E-state index contributed by atoms with van der Waals surface area (Å²) in [6, 6.07) is 3.53. The van der Waals surface area contributed by atoms with Crippen LogP contribution in [-0.4, -0.2) is 29.6 Å². The van der Waals surface area contributed by atoms with Crippen LogP contribution in [0.25, 0.3) is 0 Å². The first-order chi connectivity index (χ1) is 6.13. The maximum Gasteiger partial charge on any atom is 0.345 e. The van der Waals surface area contributed by atoms with Crippen molar-refractivity contribution >= 4 is 17.3 Å². The number of rotatable bonds is 4. The molecule has 4 heteroatoms. The van der Waals surface area contributed by atoms with Crippen LogP contribution in [0.1, 0.15) is 21.5 Å². The molecule has 13 heavy (non-hydrogen) atoms. The Hall–Kier alpha value is -0.870. The van der Waals surface area contributed by atoms with Crippen LogP contribution in [0.15, 0.2) is 12.1 Å². The molecule has 0 fully saturated rings. The molecule has 0 aliphatic rings. The molecule has 0 aliphatic heterocycles. The third kappa shape index (κ3) is 2.82. The number of carboxylic acids is 1. The molecule has 0 saturated carbocycles. The average Bonchev–Trinajstić information content (AvgIpc) is 2.52. The minimum atomic E-state index is -0.838. The first kappa shape index (κ1) is 10.2. The summed E-state index contributed by atoms with van der Waals surface area (Å²) in [6.07, 6.45) is 0. The Balaban J connectivity index is 2.64. The van der Waals surface area contributed by atoms with E-state index >= 15 is 0 Å². The van der Waals surface area contributed by atoms with Crippen molar-refractivity contribution in [1.29, 1.82) is 0 Å². The first-order valence-electron chi connectivity index (χ1n) is 4.14. The van der Waals surface area contributed by atoms with Gasteiger partial charge >= 0.3 is 5.97 Å². The van der Waals surface area contributed by atoms with Crippen LogP contribution < -0.4 is 0 Å². The second-order valence-corrected chi connectivity index (χ2v) is 4.07. The van der Waals surface area contributed by atoms with Crippen LogP contribution in [0.3, 0.4) is 0 Å². The molecule has 0 atom stereocenters. The highest BCUT2D eigenvalue weighted by atomic mass is 32.1. The zero-order valence-corrected chi connectivity index (χ0v) is 8.60. The Morgan fingerprint density at radius 1 is 1.62 bits per heavy atom. The van der Waals surface area contributed by atoms with Gasteiger partial charge in [0.15, 0.2) is 0 Å². The highest BCUT2D eigenvalue weighted by molar-refractivity contribution is 7.13. The van der Waals surface area contributed by atoms with Crippen LogP contribution in [-0.2, 0) is 6.54 Å². The molecule has 0 spiro atoms. The van der Waals surface area contributed by atoms with Gasteiger partial charge in [0.05, 0.1) is 0 Å². The fourth-order valence-corrected chi connectivity index (χ4v) is 1.88. The van der Waals surface area contributed by atoms with Crippen molar-refractivity contribution in [2.24, 2.45) is 0 Å². The molecule has 0 aliphatic carbocycles. The van der Waals surface area contributed by atoms with Crippen LogP contribution in [0.5, 0.6) is 0 Å². The maximum atomic E-state index is 10.6. The second-order valence-electron chi connectivity index (χ2n) is 2.90. The van der Waals surface area contributed by atoms with E-state index in [1.54, 1.807) is 6.07 Å². The minimum absolute atomic E-state index is 0.416. The molecule has 1 N–H and O–H groups in total. The van der Waals surface area contributed by atoms with Gasteiger partial charge in [0.1, 0.15) is 4.88 Å². The summed E-state index contributed by atoms with van der Waals surface area (Å²) in [5.74, 6) is -0.838. The largest absolute Gasteiger partial charge is 0.477 e. The number of nitrogens with zero attached hydrogens (tertiary/aromatic N) is 1. The van der Waals surface area contributed by atoms with Gasteiger partial charge in [0, 0.05) is 11.4 Å². The van der Waals surface area contributed by atoms with E-state index < -0.39 is 5.97 Å². The molecule has 0 aromatic carbocycles. The van der Waals surface area contributed by atoms with Gasteiger partial charge < -0.3 is 10.0 Å². The molecule has 3 nitrogen and oxygen atoms in total. The van der Waals surface area contributed by atoms with E-state index in [4.69, 9.17) is 5.11 Å². The zero-order chi connectivity index (χ0) is 9.84. The number of aromatic carboxylic acids is 1. The van der Waals surface area contributed by atoms with Gasteiger partial charge in [-0.15, -0.1) is 11.3 Å². The highest BCUT2D eigenvalue weighted by Crippen LogP contribution is 2.17. The Labute approximate surface area is 81.6 Å². The standard InChI is InChI=1S/C9H13NO2S/c1-3-10(2)6-7-4-5-8(13-7)9(11)12/h4-5H,3,6H2,1-2H3,(H,11,12). The molecular formula is C9H13NO2S. The molecule has 1 heterocycles. The summed E-state index contributed by atoms with van der Waals surface area (Å²) in [6.45, 7) is 3.88. The summed E-state index contributed by atoms with van der Waals surface area (Å²) < 4.78 is 0. The van der Waals surface area contributed by atoms with E-state index in [1.807, 2.05) is 13.1 Å². The smallest absolute Gasteiger partial charge is 0.345 e. The summed E-state index contributed by atoms with van der Waals surface area (Å²) in [7, 11) is 2.01. The summed E-state index contributed by atoms with van der Waals surface area (Å²) >= 11 is 1.34. The topological polar surface area (TPSA) is 40.5 Å². The summed E-state index contributed by atoms with van der Waals surface area (Å²) in [5, 5.41) is 8.69. The van der Waals surface area contributed by atoms with Crippen LogP contribution in [0, 0.1) is 0 Å². The molecule has 0 radical (unpaired) electrons. The van der Waals surface area contributed by atoms with Gasteiger partial charge in [0.25, 0.3) is 0 Å². The predicted molar refractivity (Wildman–Crippen MR) is 53.3 cm³/mol. The van der Waals surface area contributed by atoms with Crippen molar-refractivity contribution < 1.29 is 9.90 Å². The monoisotopic (exact) mass is 199 g/mol. The lowest BCUT2D eigenvalue weighted by Gasteiger charge is -2.11. The van der Waals surface area contributed by atoms with Crippen molar-refractivity contribution in [2.75, 3.05) is 13.6 Å². The fourth-order valence-electron chi connectivity index (χ4n) is 0.956. The minimum Gasteiger partial charge on any atom is -0.477 e. The lowest BCUT2D eigenvalue weighted by Crippen LogP contribution is -2.15. The number of hydrogen-bond donors (Lipinski definition) is 1. The van der Waals surface area contributed by atoms with E-state index in [1.165, 1.54) is 11.3 Å². The second kappa shape index (κ2) is 4.39. The van der Waals surface area contributed by atoms with E-state index in [-0.39, 0.29) is 0 Å². The van der Waals surface area contributed by atoms with Gasteiger partial charge in [-0.25, -0.2) is 4.79 Å². The van der Waals surface area contributed by atoms with Gasteiger partial charge in [0.2, 0.25) is 0 Å². The van der Waals surface area contributed by atoms with Crippen molar-refractivity contribution in [3.05, 3.63) is 21.9 Å². The fraction of sp³-hybridized carbons (Fsp3) is 0.444. The third-order valence-corrected chi connectivity index (χ3v) is 2.90. The Kier molecular flexibility index (Phi) is 3.45. The molecule has 0 bridgehead atoms. The molecule has 1 rings (SSSR count). The number of carbonyl (C=O) groups is 1. The zero-order valence-electron chi connectivity index (χ0n) is 7.78. The van der Waals surface area contributed by atoms with Gasteiger partial charge in [-0.3, -0.25) is 0 Å². The van der Waals surface area contributed by atoms with Crippen molar-refractivity contribution in [1.82, 2.24) is 4.90 Å². The van der Waals surface area contributed by atoms with E-state index in [0.29, 0.717) is 4.88 Å². The van der Waals surface area contributed by atoms with Crippen molar-refractivity contribution in [3.63, 3.8) is 0 Å². The molecule has 1 aromatic heterocycles. The predicted octanol–water partition coefficient (Wildman–Crippen LogP) is 1.90. The SMILES string of the molecule is CCN(C)Cc1ccc(C(=O)O)s1. The summed E-state index contributed by atoms with van der Waals surface area (Å²) in [5.41, 5.74) is 0. The van der Waals surface area contributed by atoms with Gasteiger partial charge in [-0.05, 0) is 25.7 Å². The highest BCUT2D eigenvalue weighted by Gasteiger charge is 2.07. The molecule has 0 saturated heterocycles. The first-order valence-corrected chi connectivity index (χ1v) is 4.95. The van der Waals surface area contributed by atoms with Crippen molar-refractivity contribution in [2.45, 2.75) is 13.5 Å². The van der Waals surface area contributed by atoms with Crippen LogP contribution >= 0.6 is 11.3 Å². The summed E-state index contributed by atoms with van der Waals surface area (Å²) in [4.78, 5) is 14.2.